The van der Waals surface area contributed by atoms with E-state index in [4.69, 9.17) is 0 Å². The minimum atomic E-state index is -0.243. The second-order valence-corrected chi connectivity index (χ2v) is 6.82. The standard InChI is InChI=1S/C21H23N3O2/c1-13(2)16-9-7-8-14(3)20(16)23-19(25)12-24-18-11-6-5-10-17(18)22-15(4)21(24)26/h5-11,13H,12H2,1-4H3,(H,23,25). The summed E-state index contributed by atoms with van der Waals surface area (Å²) < 4.78 is 1.49. The van der Waals surface area contributed by atoms with Gasteiger partial charge in [-0.25, -0.2) is 4.98 Å². The maximum absolute atomic E-state index is 12.7. The number of amides is 1. The van der Waals surface area contributed by atoms with E-state index in [1.807, 2.05) is 49.4 Å². The molecular weight excluding hydrogens is 326 g/mol. The van der Waals surface area contributed by atoms with Crippen LogP contribution in [0.5, 0.6) is 0 Å². The molecular formula is C21H23N3O2. The molecule has 1 aromatic heterocycles. The Balaban J connectivity index is 1.97. The zero-order valence-electron chi connectivity index (χ0n) is 15.5. The molecule has 134 valence electrons. The molecule has 5 nitrogen and oxygen atoms in total. The number of nitrogens with one attached hydrogen (secondary N) is 1. The third kappa shape index (κ3) is 3.38. The van der Waals surface area contributed by atoms with E-state index in [1.54, 1.807) is 6.92 Å². The molecule has 0 radical (unpaired) electrons. The lowest BCUT2D eigenvalue weighted by Crippen LogP contribution is -2.30. The van der Waals surface area contributed by atoms with Crippen molar-refractivity contribution in [3.05, 3.63) is 69.6 Å². The van der Waals surface area contributed by atoms with Crippen molar-refractivity contribution in [1.29, 1.82) is 0 Å². The van der Waals surface area contributed by atoms with Crippen LogP contribution in [0.25, 0.3) is 11.0 Å². The van der Waals surface area contributed by atoms with Gasteiger partial charge in [-0.05, 0) is 43.0 Å². The Morgan fingerprint density at radius 1 is 1.12 bits per heavy atom. The van der Waals surface area contributed by atoms with E-state index in [1.165, 1.54) is 4.57 Å². The first kappa shape index (κ1) is 17.9. The average Bonchev–Trinajstić information content (AvgIpc) is 2.60. The molecule has 26 heavy (non-hydrogen) atoms. The number of hydrogen-bond acceptors (Lipinski definition) is 3. The van der Waals surface area contributed by atoms with Crippen LogP contribution in [0.3, 0.4) is 0 Å². The summed E-state index contributed by atoms with van der Waals surface area (Å²) in [6, 6.07) is 13.3. The molecule has 0 aliphatic carbocycles. The summed E-state index contributed by atoms with van der Waals surface area (Å²) in [6.07, 6.45) is 0. The van der Waals surface area contributed by atoms with E-state index in [0.29, 0.717) is 16.7 Å². The Kier molecular flexibility index (Phi) is 4.89. The van der Waals surface area contributed by atoms with Crippen LogP contribution in [0, 0.1) is 13.8 Å². The summed E-state index contributed by atoms with van der Waals surface area (Å²) in [7, 11) is 0. The zero-order chi connectivity index (χ0) is 18.8. The Labute approximate surface area is 152 Å². The van der Waals surface area contributed by atoms with Crippen LogP contribution in [0.2, 0.25) is 0 Å². The van der Waals surface area contributed by atoms with Gasteiger partial charge in [-0.3, -0.25) is 14.2 Å². The van der Waals surface area contributed by atoms with Gasteiger partial charge in [-0.15, -0.1) is 0 Å². The van der Waals surface area contributed by atoms with Gasteiger partial charge in [0.15, 0.2) is 0 Å². The smallest absolute Gasteiger partial charge is 0.272 e. The van der Waals surface area contributed by atoms with Crippen molar-refractivity contribution in [2.75, 3.05) is 5.32 Å². The molecule has 1 N–H and O–H groups in total. The highest BCUT2D eigenvalue weighted by molar-refractivity contribution is 5.93. The van der Waals surface area contributed by atoms with Gasteiger partial charge in [0.1, 0.15) is 12.2 Å². The fourth-order valence-corrected chi connectivity index (χ4v) is 3.14. The molecule has 0 spiro atoms. The van der Waals surface area contributed by atoms with Crippen molar-refractivity contribution >= 4 is 22.6 Å². The highest BCUT2D eigenvalue weighted by Crippen LogP contribution is 2.27. The van der Waals surface area contributed by atoms with Crippen molar-refractivity contribution in [2.24, 2.45) is 0 Å². The summed E-state index contributed by atoms with van der Waals surface area (Å²) in [5.74, 6) is 0.0657. The number of carbonyl (C=O) groups is 1. The van der Waals surface area contributed by atoms with Crippen molar-refractivity contribution in [2.45, 2.75) is 40.2 Å². The van der Waals surface area contributed by atoms with Gasteiger partial charge in [-0.2, -0.15) is 0 Å². The summed E-state index contributed by atoms with van der Waals surface area (Å²) in [6.45, 7) is 7.78. The van der Waals surface area contributed by atoms with Gasteiger partial charge < -0.3 is 5.32 Å². The van der Waals surface area contributed by atoms with Crippen molar-refractivity contribution in [1.82, 2.24) is 9.55 Å². The Morgan fingerprint density at radius 2 is 1.85 bits per heavy atom. The summed E-state index contributed by atoms with van der Waals surface area (Å²) >= 11 is 0. The summed E-state index contributed by atoms with van der Waals surface area (Å²) in [5.41, 5.74) is 4.43. The third-order valence-corrected chi connectivity index (χ3v) is 4.51. The second-order valence-electron chi connectivity index (χ2n) is 6.82. The second kappa shape index (κ2) is 7.12. The summed E-state index contributed by atoms with van der Waals surface area (Å²) in [4.78, 5) is 29.6. The number of nitrogens with zero attached hydrogens (tertiary/aromatic N) is 2. The Hall–Kier alpha value is -2.95. The molecule has 0 atom stereocenters. The van der Waals surface area contributed by atoms with Gasteiger partial charge >= 0.3 is 0 Å². The quantitative estimate of drug-likeness (QED) is 0.780. The van der Waals surface area contributed by atoms with Crippen LogP contribution in [0.1, 0.15) is 36.6 Å². The fourth-order valence-electron chi connectivity index (χ4n) is 3.14. The lowest BCUT2D eigenvalue weighted by molar-refractivity contribution is -0.116. The van der Waals surface area contributed by atoms with E-state index in [9.17, 15) is 9.59 Å². The zero-order valence-corrected chi connectivity index (χ0v) is 15.5. The molecule has 1 heterocycles. The average molecular weight is 349 g/mol. The minimum Gasteiger partial charge on any atom is -0.324 e. The largest absolute Gasteiger partial charge is 0.324 e. The number of aryl methyl sites for hydroxylation is 2. The van der Waals surface area contributed by atoms with Gasteiger partial charge in [0.25, 0.3) is 5.56 Å². The van der Waals surface area contributed by atoms with E-state index in [0.717, 1.165) is 16.8 Å². The third-order valence-electron chi connectivity index (χ3n) is 4.51. The van der Waals surface area contributed by atoms with E-state index in [-0.39, 0.29) is 23.9 Å². The molecule has 1 amide bonds. The topological polar surface area (TPSA) is 64.0 Å². The summed E-state index contributed by atoms with van der Waals surface area (Å²) in [5, 5.41) is 3.00. The lowest BCUT2D eigenvalue weighted by atomic mass is 9.98. The normalized spacial score (nSPS) is 11.1. The van der Waals surface area contributed by atoms with Crippen LogP contribution >= 0.6 is 0 Å². The molecule has 0 aliphatic heterocycles. The molecule has 3 aromatic rings. The van der Waals surface area contributed by atoms with E-state index < -0.39 is 0 Å². The first-order valence-electron chi connectivity index (χ1n) is 8.74. The Morgan fingerprint density at radius 3 is 2.58 bits per heavy atom. The number of fused-ring (bicyclic) bond motifs is 1. The van der Waals surface area contributed by atoms with Crippen molar-refractivity contribution in [3.8, 4) is 0 Å². The Bertz CT molecular complexity index is 1040. The molecule has 5 heteroatoms. The fraction of sp³-hybridized carbons (Fsp3) is 0.286. The van der Waals surface area contributed by atoms with Crippen LogP contribution in [0.15, 0.2) is 47.3 Å². The van der Waals surface area contributed by atoms with Crippen molar-refractivity contribution in [3.63, 3.8) is 0 Å². The molecule has 2 aromatic carbocycles. The molecule has 0 saturated carbocycles. The number of hydrogen-bond donors (Lipinski definition) is 1. The van der Waals surface area contributed by atoms with Gasteiger partial charge in [0, 0.05) is 5.69 Å². The van der Waals surface area contributed by atoms with E-state index >= 15 is 0 Å². The number of carbonyl (C=O) groups excluding carboxylic acids is 1. The molecule has 3 rings (SSSR count). The predicted octanol–water partition coefficient (Wildman–Crippen LogP) is 3.78. The van der Waals surface area contributed by atoms with Gasteiger partial charge in [0.2, 0.25) is 5.91 Å². The number of rotatable bonds is 4. The first-order valence-corrected chi connectivity index (χ1v) is 8.74. The predicted molar refractivity (Wildman–Crippen MR) is 105 cm³/mol. The van der Waals surface area contributed by atoms with Gasteiger partial charge in [-0.1, -0.05) is 44.2 Å². The van der Waals surface area contributed by atoms with Gasteiger partial charge in [0.05, 0.1) is 11.0 Å². The van der Waals surface area contributed by atoms with Crippen molar-refractivity contribution < 1.29 is 4.79 Å². The highest BCUT2D eigenvalue weighted by Gasteiger charge is 2.15. The minimum absolute atomic E-state index is 0.0470. The SMILES string of the molecule is Cc1cccc(C(C)C)c1NC(=O)Cn1c(=O)c(C)nc2ccccc21. The van der Waals surface area contributed by atoms with E-state index in [2.05, 4.69) is 24.1 Å². The number of para-hydroxylation sites is 3. The lowest BCUT2D eigenvalue weighted by Gasteiger charge is -2.17. The van der Waals surface area contributed by atoms with Crippen LogP contribution < -0.4 is 10.9 Å². The number of aromatic nitrogens is 2. The monoisotopic (exact) mass is 349 g/mol. The van der Waals surface area contributed by atoms with Crippen LogP contribution in [-0.4, -0.2) is 15.5 Å². The first-order chi connectivity index (χ1) is 12.4. The van der Waals surface area contributed by atoms with Crippen LogP contribution in [0.4, 0.5) is 5.69 Å². The molecule has 0 fully saturated rings. The molecule has 0 aliphatic rings. The molecule has 0 unspecified atom stereocenters. The number of anilines is 1. The number of benzene rings is 2. The molecule has 0 bridgehead atoms. The maximum Gasteiger partial charge on any atom is 0.272 e. The van der Waals surface area contributed by atoms with Crippen LogP contribution in [-0.2, 0) is 11.3 Å². The molecule has 0 saturated heterocycles. The highest BCUT2D eigenvalue weighted by atomic mass is 16.2. The maximum atomic E-state index is 12.7.